The van der Waals surface area contributed by atoms with Crippen LogP contribution in [0.1, 0.15) is 33.6 Å². The monoisotopic (exact) mass is 145 g/mol. The van der Waals surface area contributed by atoms with Gasteiger partial charge < -0.3 is 10.5 Å². The molecular formula is C8H19NO. The first-order chi connectivity index (χ1) is 4.70. The molecule has 0 aromatic rings. The van der Waals surface area contributed by atoms with Crippen LogP contribution in [-0.2, 0) is 4.74 Å². The minimum Gasteiger partial charge on any atom is -0.377 e. The lowest BCUT2D eigenvalue weighted by atomic mass is 10.2. The maximum Gasteiger partial charge on any atom is 0.0618 e. The van der Waals surface area contributed by atoms with Gasteiger partial charge in [0.1, 0.15) is 0 Å². The highest BCUT2D eigenvalue weighted by Crippen LogP contribution is 2.02. The third-order valence-corrected chi connectivity index (χ3v) is 1.51. The van der Waals surface area contributed by atoms with Crippen LogP contribution in [0.5, 0.6) is 0 Å². The molecule has 0 rings (SSSR count). The molecule has 0 aromatic carbocycles. The lowest BCUT2D eigenvalue weighted by Gasteiger charge is -2.14. The van der Waals surface area contributed by atoms with E-state index in [1.807, 2.05) is 6.92 Å². The van der Waals surface area contributed by atoms with Gasteiger partial charge in [0, 0.05) is 6.04 Å². The van der Waals surface area contributed by atoms with Crippen molar-refractivity contribution in [1.82, 2.24) is 0 Å². The average Bonchev–Trinajstić information content (AvgIpc) is 1.90. The van der Waals surface area contributed by atoms with Crippen molar-refractivity contribution in [2.24, 2.45) is 5.73 Å². The standard InChI is InChI=1S/C8H19NO/c1-4-8(5-2)10-6-7(3)9/h7-8H,4-6,9H2,1-3H3. The lowest BCUT2D eigenvalue weighted by Crippen LogP contribution is -2.25. The molecule has 0 spiro atoms. The number of ether oxygens (including phenoxy) is 1. The summed E-state index contributed by atoms with van der Waals surface area (Å²) < 4.78 is 5.48. The fourth-order valence-corrected chi connectivity index (χ4v) is 0.812. The predicted octanol–water partition coefficient (Wildman–Crippen LogP) is 1.54. The molecule has 0 aromatic heterocycles. The highest BCUT2D eigenvalue weighted by atomic mass is 16.5. The predicted molar refractivity (Wildman–Crippen MR) is 44.0 cm³/mol. The Balaban J connectivity index is 3.26. The first kappa shape index (κ1) is 9.92. The molecule has 0 aliphatic carbocycles. The summed E-state index contributed by atoms with van der Waals surface area (Å²) in [7, 11) is 0. The highest BCUT2D eigenvalue weighted by molar-refractivity contribution is 4.55. The number of hydrogen-bond donors (Lipinski definition) is 1. The van der Waals surface area contributed by atoms with Crippen LogP contribution < -0.4 is 5.73 Å². The van der Waals surface area contributed by atoms with E-state index in [-0.39, 0.29) is 6.04 Å². The van der Waals surface area contributed by atoms with Crippen LogP contribution in [0.25, 0.3) is 0 Å². The average molecular weight is 145 g/mol. The van der Waals surface area contributed by atoms with Gasteiger partial charge in [0.2, 0.25) is 0 Å². The Hall–Kier alpha value is -0.0800. The molecule has 62 valence electrons. The zero-order valence-electron chi connectivity index (χ0n) is 7.26. The molecule has 10 heavy (non-hydrogen) atoms. The maximum absolute atomic E-state index is 5.53. The Labute approximate surface area is 63.7 Å². The topological polar surface area (TPSA) is 35.2 Å². The van der Waals surface area contributed by atoms with Gasteiger partial charge in [0.25, 0.3) is 0 Å². The second-order valence-electron chi connectivity index (χ2n) is 2.75. The summed E-state index contributed by atoms with van der Waals surface area (Å²) in [5.74, 6) is 0. The first-order valence-electron chi connectivity index (χ1n) is 4.07. The van der Waals surface area contributed by atoms with Gasteiger partial charge in [0.05, 0.1) is 12.7 Å². The molecule has 0 saturated carbocycles. The Morgan fingerprint density at radius 2 is 1.80 bits per heavy atom. The first-order valence-corrected chi connectivity index (χ1v) is 4.07. The Morgan fingerprint density at radius 3 is 2.10 bits per heavy atom. The van der Waals surface area contributed by atoms with Gasteiger partial charge in [-0.2, -0.15) is 0 Å². The fourth-order valence-electron chi connectivity index (χ4n) is 0.812. The van der Waals surface area contributed by atoms with Crippen LogP contribution in [0.2, 0.25) is 0 Å². The second kappa shape index (κ2) is 5.69. The van der Waals surface area contributed by atoms with E-state index in [0.717, 1.165) is 12.8 Å². The van der Waals surface area contributed by atoms with Gasteiger partial charge in [-0.3, -0.25) is 0 Å². The van der Waals surface area contributed by atoms with Crippen molar-refractivity contribution in [3.8, 4) is 0 Å². The molecular weight excluding hydrogens is 126 g/mol. The Morgan fingerprint density at radius 1 is 1.30 bits per heavy atom. The summed E-state index contributed by atoms with van der Waals surface area (Å²) in [5, 5.41) is 0. The smallest absolute Gasteiger partial charge is 0.0618 e. The largest absolute Gasteiger partial charge is 0.377 e. The van der Waals surface area contributed by atoms with E-state index in [2.05, 4.69) is 13.8 Å². The summed E-state index contributed by atoms with van der Waals surface area (Å²) in [4.78, 5) is 0. The minimum atomic E-state index is 0.167. The van der Waals surface area contributed by atoms with Crippen molar-refractivity contribution in [3.05, 3.63) is 0 Å². The van der Waals surface area contributed by atoms with E-state index in [4.69, 9.17) is 10.5 Å². The highest BCUT2D eigenvalue weighted by Gasteiger charge is 2.03. The molecule has 2 N–H and O–H groups in total. The summed E-state index contributed by atoms with van der Waals surface area (Å²) in [6.45, 7) is 6.92. The molecule has 0 fully saturated rings. The van der Waals surface area contributed by atoms with Crippen molar-refractivity contribution in [1.29, 1.82) is 0 Å². The fraction of sp³-hybridized carbons (Fsp3) is 1.00. The SMILES string of the molecule is CCC(CC)OCC(C)N. The van der Waals surface area contributed by atoms with Crippen LogP contribution in [0.3, 0.4) is 0 Å². The second-order valence-corrected chi connectivity index (χ2v) is 2.75. The molecule has 1 atom stereocenters. The van der Waals surface area contributed by atoms with Crippen molar-refractivity contribution >= 4 is 0 Å². The normalized spacial score (nSPS) is 14.1. The molecule has 1 unspecified atom stereocenters. The Kier molecular flexibility index (Phi) is 5.64. The summed E-state index contributed by atoms with van der Waals surface area (Å²) in [6.07, 6.45) is 2.58. The van der Waals surface area contributed by atoms with E-state index >= 15 is 0 Å². The zero-order chi connectivity index (χ0) is 7.98. The number of nitrogens with two attached hydrogens (primary N) is 1. The van der Waals surface area contributed by atoms with Gasteiger partial charge in [-0.1, -0.05) is 13.8 Å². The summed E-state index contributed by atoms with van der Waals surface area (Å²) in [6, 6.07) is 0.167. The molecule has 0 heterocycles. The van der Waals surface area contributed by atoms with Crippen LogP contribution in [0.4, 0.5) is 0 Å². The summed E-state index contributed by atoms with van der Waals surface area (Å²) in [5.41, 5.74) is 5.53. The van der Waals surface area contributed by atoms with Crippen molar-refractivity contribution in [2.45, 2.75) is 45.8 Å². The molecule has 0 radical (unpaired) electrons. The van der Waals surface area contributed by atoms with Crippen LogP contribution in [0, 0.1) is 0 Å². The van der Waals surface area contributed by atoms with Gasteiger partial charge in [0.15, 0.2) is 0 Å². The molecule has 0 bridgehead atoms. The molecule has 0 aliphatic heterocycles. The van der Waals surface area contributed by atoms with E-state index in [0.29, 0.717) is 12.7 Å². The van der Waals surface area contributed by atoms with Gasteiger partial charge in [-0.15, -0.1) is 0 Å². The van der Waals surface area contributed by atoms with Crippen molar-refractivity contribution in [2.75, 3.05) is 6.61 Å². The van der Waals surface area contributed by atoms with E-state index in [1.165, 1.54) is 0 Å². The molecule has 2 heteroatoms. The Bertz CT molecular complexity index is 69.7. The van der Waals surface area contributed by atoms with E-state index in [9.17, 15) is 0 Å². The lowest BCUT2D eigenvalue weighted by molar-refractivity contribution is 0.0419. The van der Waals surface area contributed by atoms with Crippen LogP contribution in [-0.4, -0.2) is 18.8 Å². The zero-order valence-corrected chi connectivity index (χ0v) is 7.26. The van der Waals surface area contributed by atoms with E-state index < -0.39 is 0 Å². The number of rotatable bonds is 5. The van der Waals surface area contributed by atoms with Crippen LogP contribution in [0.15, 0.2) is 0 Å². The number of hydrogen-bond acceptors (Lipinski definition) is 2. The molecule has 0 saturated heterocycles. The molecule has 2 nitrogen and oxygen atoms in total. The summed E-state index contributed by atoms with van der Waals surface area (Å²) >= 11 is 0. The van der Waals surface area contributed by atoms with Crippen LogP contribution >= 0.6 is 0 Å². The van der Waals surface area contributed by atoms with E-state index in [1.54, 1.807) is 0 Å². The van der Waals surface area contributed by atoms with Gasteiger partial charge in [-0.25, -0.2) is 0 Å². The molecule has 0 amide bonds. The quantitative estimate of drug-likeness (QED) is 0.637. The third kappa shape index (κ3) is 4.77. The minimum absolute atomic E-state index is 0.167. The van der Waals surface area contributed by atoms with Crippen molar-refractivity contribution in [3.63, 3.8) is 0 Å². The maximum atomic E-state index is 5.53. The van der Waals surface area contributed by atoms with Crippen molar-refractivity contribution < 1.29 is 4.74 Å². The third-order valence-electron chi connectivity index (χ3n) is 1.51. The molecule has 0 aliphatic rings. The van der Waals surface area contributed by atoms with Gasteiger partial charge in [-0.05, 0) is 19.8 Å². The van der Waals surface area contributed by atoms with Gasteiger partial charge >= 0.3 is 0 Å².